The number of benzene rings is 2. The Hall–Kier alpha value is -3.32. The minimum atomic E-state index is -1.02. The van der Waals surface area contributed by atoms with Crippen molar-refractivity contribution in [1.82, 2.24) is 10.2 Å². The predicted octanol–water partition coefficient (Wildman–Crippen LogP) is 4.14. The summed E-state index contributed by atoms with van der Waals surface area (Å²) in [7, 11) is 0. The zero-order valence-corrected chi connectivity index (χ0v) is 17.3. The molecule has 0 aliphatic carbocycles. The predicted molar refractivity (Wildman–Crippen MR) is 111 cm³/mol. The van der Waals surface area contributed by atoms with E-state index in [0.29, 0.717) is 21.9 Å². The number of carboxylic acid groups (broad SMARTS) is 1. The van der Waals surface area contributed by atoms with Crippen molar-refractivity contribution in [3.05, 3.63) is 81.5 Å². The van der Waals surface area contributed by atoms with Gasteiger partial charge in [0.2, 0.25) is 0 Å². The van der Waals surface area contributed by atoms with Crippen LogP contribution in [0, 0.1) is 0 Å². The molecule has 1 unspecified atom stereocenters. The van der Waals surface area contributed by atoms with Gasteiger partial charge in [-0.15, -0.1) is 0 Å². The molecule has 30 heavy (non-hydrogen) atoms. The molecule has 0 saturated carbocycles. The minimum Gasteiger partial charge on any atom is -0.478 e. The fraction of sp³-hybridized carbons (Fsp3) is 0.227. The minimum absolute atomic E-state index is 0.157. The van der Waals surface area contributed by atoms with Crippen LogP contribution in [0.25, 0.3) is 0 Å². The first-order valence-corrected chi connectivity index (χ1v) is 9.73. The lowest BCUT2D eigenvalue weighted by Crippen LogP contribution is -2.47. The van der Waals surface area contributed by atoms with Crippen molar-refractivity contribution in [2.75, 3.05) is 6.61 Å². The highest BCUT2D eigenvalue weighted by Crippen LogP contribution is 2.32. The van der Waals surface area contributed by atoms with E-state index in [9.17, 15) is 14.4 Å². The van der Waals surface area contributed by atoms with E-state index in [1.807, 2.05) is 0 Å². The molecule has 1 aliphatic heterocycles. The fourth-order valence-corrected chi connectivity index (χ4v) is 3.41. The van der Waals surface area contributed by atoms with Crippen molar-refractivity contribution in [1.29, 1.82) is 0 Å². The van der Waals surface area contributed by atoms with Crippen LogP contribution in [0.5, 0.6) is 0 Å². The van der Waals surface area contributed by atoms with Crippen molar-refractivity contribution in [3.8, 4) is 0 Å². The molecule has 2 aromatic carbocycles. The number of hydrogen-bond acceptors (Lipinski definition) is 4. The third-order valence-electron chi connectivity index (χ3n) is 4.84. The fourth-order valence-electron chi connectivity index (χ4n) is 3.29. The first kappa shape index (κ1) is 21.4. The van der Waals surface area contributed by atoms with Crippen LogP contribution in [0.1, 0.15) is 41.4 Å². The Morgan fingerprint density at radius 2 is 1.77 bits per heavy atom. The van der Waals surface area contributed by atoms with Crippen LogP contribution in [0.15, 0.2) is 59.8 Å². The summed E-state index contributed by atoms with van der Waals surface area (Å²) in [5, 5.41) is 12.5. The van der Waals surface area contributed by atoms with Gasteiger partial charge in [0.15, 0.2) is 0 Å². The number of allylic oxidation sites excluding steroid dienone is 1. The van der Waals surface area contributed by atoms with Gasteiger partial charge in [-0.2, -0.15) is 0 Å². The summed E-state index contributed by atoms with van der Waals surface area (Å²) in [5.74, 6) is -1.54. The highest BCUT2D eigenvalue weighted by Gasteiger charge is 2.36. The Kier molecular flexibility index (Phi) is 6.42. The lowest BCUT2D eigenvalue weighted by Gasteiger charge is -2.35. The van der Waals surface area contributed by atoms with Gasteiger partial charge in [0.25, 0.3) is 0 Å². The summed E-state index contributed by atoms with van der Waals surface area (Å²) < 4.78 is 5.24. The quantitative estimate of drug-likeness (QED) is 0.674. The van der Waals surface area contributed by atoms with E-state index in [0.717, 1.165) is 5.56 Å². The molecule has 1 aliphatic rings. The number of hydrogen-bond donors (Lipinski definition) is 2. The van der Waals surface area contributed by atoms with E-state index >= 15 is 0 Å². The van der Waals surface area contributed by atoms with E-state index in [1.54, 1.807) is 50.2 Å². The Labute approximate surface area is 178 Å². The van der Waals surface area contributed by atoms with Crippen LogP contribution >= 0.6 is 11.6 Å². The molecule has 0 bridgehead atoms. The molecule has 0 saturated heterocycles. The van der Waals surface area contributed by atoms with Gasteiger partial charge in [-0.05, 0) is 49.2 Å². The molecule has 2 N–H and O–H groups in total. The number of halogens is 1. The number of aromatic carboxylic acids is 1. The number of nitrogens with one attached hydrogen (secondary N) is 1. The van der Waals surface area contributed by atoms with Crippen LogP contribution in [-0.4, -0.2) is 34.6 Å². The van der Waals surface area contributed by atoms with Crippen LogP contribution < -0.4 is 5.32 Å². The van der Waals surface area contributed by atoms with E-state index in [-0.39, 0.29) is 24.7 Å². The number of carboxylic acids is 1. The average molecular weight is 429 g/mol. The molecule has 1 heterocycles. The third-order valence-corrected chi connectivity index (χ3v) is 5.09. The largest absolute Gasteiger partial charge is 0.478 e. The van der Waals surface area contributed by atoms with E-state index in [1.165, 1.54) is 17.0 Å². The van der Waals surface area contributed by atoms with Gasteiger partial charge < -0.3 is 15.2 Å². The zero-order chi connectivity index (χ0) is 21.8. The second-order valence-corrected chi connectivity index (χ2v) is 7.18. The van der Waals surface area contributed by atoms with Gasteiger partial charge in [-0.25, -0.2) is 14.4 Å². The number of urea groups is 1. The molecule has 8 heteroatoms. The van der Waals surface area contributed by atoms with Crippen LogP contribution in [-0.2, 0) is 16.1 Å². The standard InChI is InChI=1S/C22H21ClN2O5/c1-3-30-21(28)18-13(2)25(12-14-4-6-16(7-5-14)20(26)27)22(29)24-19(18)15-8-10-17(23)11-9-15/h4-11,19H,3,12H2,1-2H3,(H,24,29)(H,26,27). The Bertz CT molecular complexity index is 999. The molecule has 2 aromatic rings. The molecule has 7 nitrogen and oxygen atoms in total. The number of nitrogens with zero attached hydrogens (tertiary/aromatic N) is 1. The second-order valence-electron chi connectivity index (χ2n) is 6.74. The second kappa shape index (κ2) is 9.00. The van der Waals surface area contributed by atoms with Crippen LogP contribution in [0.4, 0.5) is 4.79 Å². The molecular formula is C22H21ClN2O5. The summed E-state index contributed by atoms with van der Waals surface area (Å²) >= 11 is 5.96. The third kappa shape index (κ3) is 4.46. The molecule has 156 valence electrons. The highest BCUT2D eigenvalue weighted by atomic mass is 35.5. The first-order chi connectivity index (χ1) is 14.3. The first-order valence-electron chi connectivity index (χ1n) is 9.35. The Morgan fingerprint density at radius 3 is 2.33 bits per heavy atom. The smallest absolute Gasteiger partial charge is 0.338 e. The number of carbonyl (C=O) groups excluding carboxylic acids is 2. The lowest BCUT2D eigenvalue weighted by atomic mass is 9.94. The molecule has 0 aromatic heterocycles. The lowest BCUT2D eigenvalue weighted by molar-refractivity contribution is -0.139. The van der Waals surface area contributed by atoms with E-state index < -0.39 is 18.0 Å². The van der Waals surface area contributed by atoms with Crippen molar-refractivity contribution in [3.63, 3.8) is 0 Å². The number of rotatable bonds is 6. The summed E-state index contributed by atoms with van der Waals surface area (Å²) in [6.45, 7) is 3.79. The van der Waals surface area contributed by atoms with Gasteiger partial charge in [0.1, 0.15) is 0 Å². The van der Waals surface area contributed by atoms with Crippen LogP contribution in [0.3, 0.4) is 0 Å². The van der Waals surface area contributed by atoms with Gasteiger partial charge >= 0.3 is 18.0 Å². The molecule has 1 atom stereocenters. The van der Waals surface area contributed by atoms with Gasteiger partial charge in [-0.3, -0.25) is 4.90 Å². The van der Waals surface area contributed by atoms with Crippen molar-refractivity contribution >= 4 is 29.6 Å². The maximum Gasteiger partial charge on any atom is 0.338 e. The molecule has 0 spiro atoms. The topological polar surface area (TPSA) is 95.9 Å². The summed E-state index contributed by atoms with van der Waals surface area (Å²) in [4.78, 5) is 38.1. The summed E-state index contributed by atoms with van der Waals surface area (Å²) in [6, 6.07) is 12.1. The van der Waals surface area contributed by atoms with Crippen LogP contribution in [0.2, 0.25) is 5.02 Å². The highest BCUT2D eigenvalue weighted by molar-refractivity contribution is 6.30. The number of amides is 2. The van der Waals surface area contributed by atoms with Gasteiger partial charge in [0.05, 0.1) is 30.3 Å². The molecule has 0 radical (unpaired) electrons. The van der Waals surface area contributed by atoms with E-state index in [2.05, 4.69) is 5.32 Å². The monoisotopic (exact) mass is 428 g/mol. The maximum atomic E-state index is 12.9. The summed E-state index contributed by atoms with van der Waals surface area (Å²) in [6.07, 6.45) is 0. The maximum absolute atomic E-state index is 12.9. The van der Waals surface area contributed by atoms with Crippen molar-refractivity contribution < 1.29 is 24.2 Å². The number of ether oxygens (including phenoxy) is 1. The normalized spacial score (nSPS) is 16.3. The molecular weight excluding hydrogens is 408 g/mol. The average Bonchev–Trinajstić information content (AvgIpc) is 2.71. The van der Waals surface area contributed by atoms with Gasteiger partial charge in [-0.1, -0.05) is 35.9 Å². The Balaban J connectivity index is 1.98. The SMILES string of the molecule is CCOC(=O)C1=C(C)N(Cc2ccc(C(=O)O)cc2)C(=O)NC1c1ccc(Cl)cc1. The molecule has 3 rings (SSSR count). The molecule has 2 amide bonds. The van der Waals surface area contributed by atoms with E-state index in [4.69, 9.17) is 21.4 Å². The molecule has 0 fully saturated rings. The number of carbonyl (C=O) groups is 3. The number of esters is 1. The van der Waals surface area contributed by atoms with Crippen molar-refractivity contribution in [2.24, 2.45) is 0 Å². The Morgan fingerprint density at radius 1 is 1.13 bits per heavy atom. The van der Waals surface area contributed by atoms with Gasteiger partial charge in [0, 0.05) is 10.7 Å². The summed E-state index contributed by atoms with van der Waals surface area (Å²) in [5.41, 5.74) is 2.40. The zero-order valence-electron chi connectivity index (χ0n) is 16.5. The van der Waals surface area contributed by atoms with Crippen molar-refractivity contribution in [2.45, 2.75) is 26.4 Å².